The number of nitrogens with zero attached hydrogens (tertiary/aromatic N) is 7. The van der Waals surface area contributed by atoms with Crippen LogP contribution in [0, 0.1) is 18.6 Å². The van der Waals surface area contributed by atoms with Crippen LogP contribution in [0.5, 0.6) is 0 Å². The van der Waals surface area contributed by atoms with Crippen molar-refractivity contribution in [1.29, 1.82) is 0 Å². The second kappa shape index (κ2) is 12.0. The Balaban J connectivity index is 1.30. The molecule has 3 aromatic heterocycles. The minimum Gasteiger partial charge on any atom is -0.373 e. The first-order chi connectivity index (χ1) is 19.9. The topological polar surface area (TPSA) is 84.2 Å². The fourth-order valence-electron chi connectivity index (χ4n) is 5.74. The van der Waals surface area contributed by atoms with Crippen LogP contribution in [-0.4, -0.2) is 79.7 Å². The average molecular weight is 579 g/mol. The van der Waals surface area contributed by atoms with Crippen LogP contribution in [0.25, 0.3) is 22.3 Å². The van der Waals surface area contributed by atoms with E-state index in [4.69, 9.17) is 4.74 Å². The summed E-state index contributed by atoms with van der Waals surface area (Å²) in [5.41, 5.74) is 2.03. The van der Waals surface area contributed by atoms with E-state index in [2.05, 4.69) is 63.0 Å². The highest BCUT2D eigenvalue weighted by Gasteiger charge is 2.34. The minimum absolute atomic E-state index is 0.00182. The molecule has 4 aromatic rings. The van der Waals surface area contributed by atoms with Crippen molar-refractivity contribution in [3.05, 3.63) is 59.7 Å². The van der Waals surface area contributed by atoms with Crippen molar-refractivity contribution in [1.82, 2.24) is 34.3 Å². The fraction of sp³-hybridized carbons (Fsp3) is 0.484. The molecule has 1 fully saturated rings. The van der Waals surface area contributed by atoms with Gasteiger partial charge in [0.2, 0.25) is 5.95 Å². The highest BCUT2D eigenvalue weighted by molar-refractivity contribution is 5.83. The molecule has 224 valence electrons. The van der Waals surface area contributed by atoms with E-state index in [1.807, 2.05) is 43.7 Å². The van der Waals surface area contributed by atoms with E-state index < -0.39 is 11.6 Å². The maximum Gasteiger partial charge on any atom is 0.229 e. The van der Waals surface area contributed by atoms with Crippen molar-refractivity contribution in [3.63, 3.8) is 0 Å². The number of hydrogen-bond donors (Lipinski definition) is 1. The van der Waals surface area contributed by atoms with Crippen LogP contribution in [0.15, 0.2) is 36.7 Å². The van der Waals surface area contributed by atoms with Gasteiger partial charge in [-0.3, -0.25) is 4.90 Å². The molecular weight excluding hydrogens is 538 g/mol. The molecule has 2 atom stereocenters. The third-order valence-corrected chi connectivity index (χ3v) is 7.95. The number of morpholine rings is 1. The summed E-state index contributed by atoms with van der Waals surface area (Å²) in [6, 6.07) is 7.33. The van der Waals surface area contributed by atoms with Gasteiger partial charge in [-0.15, -0.1) is 0 Å². The number of aryl methyl sites for hydroxylation is 1. The summed E-state index contributed by atoms with van der Waals surface area (Å²) in [5, 5.41) is 3.05. The summed E-state index contributed by atoms with van der Waals surface area (Å²) in [7, 11) is 4.19. The van der Waals surface area contributed by atoms with Crippen LogP contribution in [0.4, 0.5) is 20.5 Å². The molecule has 0 amide bonds. The van der Waals surface area contributed by atoms with E-state index in [0.29, 0.717) is 35.4 Å². The fourth-order valence-corrected chi connectivity index (χ4v) is 5.74. The van der Waals surface area contributed by atoms with Gasteiger partial charge < -0.3 is 19.5 Å². The number of fused-ring (bicyclic) bond motifs is 1. The lowest BCUT2D eigenvalue weighted by Gasteiger charge is -2.42. The van der Waals surface area contributed by atoms with Gasteiger partial charge in [-0.1, -0.05) is 6.07 Å². The van der Waals surface area contributed by atoms with Crippen molar-refractivity contribution < 1.29 is 13.5 Å². The lowest BCUT2D eigenvalue weighted by molar-refractivity contribution is -0.111. The Morgan fingerprint density at radius 1 is 1.07 bits per heavy atom. The Bertz CT molecular complexity index is 1560. The van der Waals surface area contributed by atoms with Gasteiger partial charge in [-0.2, -0.15) is 0 Å². The molecule has 1 N–H and O–H groups in total. The summed E-state index contributed by atoms with van der Waals surface area (Å²) in [5.74, 6) is 0.213. The number of hydrogen-bond acceptors (Lipinski definition) is 8. The van der Waals surface area contributed by atoms with E-state index in [9.17, 15) is 4.39 Å². The van der Waals surface area contributed by atoms with Gasteiger partial charge in [0.1, 0.15) is 22.9 Å². The summed E-state index contributed by atoms with van der Waals surface area (Å²) in [6.45, 7) is 13.4. The second-order valence-electron chi connectivity index (χ2n) is 12.0. The predicted molar refractivity (Wildman–Crippen MR) is 161 cm³/mol. The maximum absolute atomic E-state index is 15.0. The summed E-state index contributed by atoms with van der Waals surface area (Å²) in [4.78, 5) is 22.0. The molecule has 1 aliphatic heterocycles. The lowest BCUT2D eigenvalue weighted by Crippen LogP contribution is -2.52. The van der Waals surface area contributed by atoms with Gasteiger partial charge in [0, 0.05) is 43.5 Å². The maximum atomic E-state index is 15.0. The molecule has 1 aliphatic rings. The van der Waals surface area contributed by atoms with Crippen LogP contribution in [-0.2, 0) is 11.3 Å². The molecule has 1 saturated heterocycles. The third-order valence-electron chi connectivity index (χ3n) is 7.95. The van der Waals surface area contributed by atoms with E-state index in [0.717, 1.165) is 37.8 Å². The largest absolute Gasteiger partial charge is 0.373 e. The quantitative estimate of drug-likeness (QED) is 0.270. The van der Waals surface area contributed by atoms with E-state index in [1.54, 1.807) is 6.07 Å². The van der Waals surface area contributed by atoms with Gasteiger partial charge in [0.15, 0.2) is 11.6 Å². The van der Waals surface area contributed by atoms with Crippen LogP contribution in [0.3, 0.4) is 0 Å². The first-order valence-corrected chi connectivity index (χ1v) is 14.4. The Morgan fingerprint density at radius 2 is 1.86 bits per heavy atom. The molecule has 0 aliphatic carbocycles. The molecule has 5 rings (SSSR count). The molecule has 0 bridgehead atoms. The number of aromatic nitrogens is 5. The molecular formula is C31H40F2N8O. The molecule has 42 heavy (non-hydrogen) atoms. The van der Waals surface area contributed by atoms with Gasteiger partial charge in [-0.05, 0) is 78.9 Å². The van der Waals surface area contributed by atoms with Crippen LogP contribution in [0.2, 0.25) is 0 Å². The van der Waals surface area contributed by atoms with E-state index in [1.165, 1.54) is 6.07 Å². The summed E-state index contributed by atoms with van der Waals surface area (Å²) < 4.78 is 38.0. The number of rotatable bonds is 9. The van der Waals surface area contributed by atoms with E-state index in [-0.39, 0.29) is 28.8 Å². The van der Waals surface area contributed by atoms with Gasteiger partial charge in [0.25, 0.3) is 0 Å². The van der Waals surface area contributed by atoms with Crippen molar-refractivity contribution in [2.24, 2.45) is 0 Å². The smallest absolute Gasteiger partial charge is 0.229 e. The molecule has 9 nitrogen and oxygen atoms in total. The molecule has 0 spiro atoms. The molecule has 0 radical (unpaired) electrons. The molecule has 1 aromatic carbocycles. The number of ether oxygens (including phenoxy) is 1. The number of anilines is 2. The number of benzene rings is 1. The van der Waals surface area contributed by atoms with Gasteiger partial charge in [0.05, 0.1) is 23.9 Å². The van der Waals surface area contributed by atoms with Gasteiger partial charge >= 0.3 is 0 Å². The zero-order valence-electron chi connectivity index (χ0n) is 25.4. The van der Waals surface area contributed by atoms with Crippen molar-refractivity contribution >= 4 is 22.8 Å². The van der Waals surface area contributed by atoms with Gasteiger partial charge in [-0.25, -0.2) is 28.7 Å². The molecule has 11 heteroatoms. The van der Waals surface area contributed by atoms with Crippen LogP contribution in [0.1, 0.15) is 51.5 Å². The SMILES string of the molecule is Cc1nc2c(F)cc(-c3nc(Nc4ccc(CN5CCO[C@](C)(C[C@H](C)N(C)C)C5)cn4)ncc3F)cc2n1C(C)C. The highest BCUT2D eigenvalue weighted by Crippen LogP contribution is 2.31. The van der Waals surface area contributed by atoms with Crippen molar-refractivity contribution in [3.8, 4) is 11.3 Å². The number of halogens is 2. The zero-order valence-corrected chi connectivity index (χ0v) is 25.4. The standard InChI is InChI=1S/C31H40F2N8O/c1-19(2)41-21(4)36-29-24(32)12-23(13-26(29)41)28-25(33)16-35-30(38-28)37-27-9-8-22(15-34-27)17-40-10-11-42-31(5,18-40)14-20(3)39(6)7/h8-9,12-13,15-16,19-20H,10-11,14,17-18H2,1-7H3,(H,34,35,37,38)/t20-,31+/m0/s1. The van der Waals surface area contributed by atoms with Crippen molar-refractivity contribution in [2.45, 2.75) is 65.3 Å². The normalized spacial score (nSPS) is 18.7. The number of pyridine rings is 1. The van der Waals surface area contributed by atoms with Crippen LogP contribution < -0.4 is 5.32 Å². The average Bonchev–Trinajstić information content (AvgIpc) is 3.27. The first kappa shape index (κ1) is 29.9. The Morgan fingerprint density at radius 3 is 2.55 bits per heavy atom. The molecule has 0 unspecified atom stereocenters. The summed E-state index contributed by atoms with van der Waals surface area (Å²) in [6.07, 6.45) is 3.86. The molecule has 0 saturated carbocycles. The highest BCUT2D eigenvalue weighted by atomic mass is 19.1. The lowest BCUT2D eigenvalue weighted by atomic mass is 9.94. The second-order valence-corrected chi connectivity index (χ2v) is 12.0. The predicted octanol–water partition coefficient (Wildman–Crippen LogP) is 5.73. The first-order valence-electron chi connectivity index (χ1n) is 14.4. The van der Waals surface area contributed by atoms with Crippen LogP contribution >= 0.6 is 0 Å². The minimum atomic E-state index is -0.646. The Hall–Kier alpha value is -3.54. The Labute approximate surface area is 246 Å². The van der Waals surface area contributed by atoms with E-state index >= 15 is 4.39 Å². The monoisotopic (exact) mass is 578 g/mol. The zero-order chi connectivity index (χ0) is 30.2. The Kier molecular flexibility index (Phi) is 8.54. The third kappa shape index (κ3) is 6.43. The number of imidazole rings is 1. The molecule has 4 heterocycles. The number of nitrogens with one attached hydrogen (secondary N) is 1. The van der Waals surface area contributed by atoms with Crippen molar-refractivity contribution in [2.75, 3.05) is 39.1 Å². The summed E-state index contributed by atoms with van der Waals surface area (Å²) >= 11 is 0.